The Labute approximate surface area is 77.2 Å². The molecule has 0 bridgehead atoms. The van der Waals surface area contributed by atoms with Crippen LogP contribution in [0.4, 0.5) is 0 Å². The van der Waals surface area contributed by atoms with Gasteiger partial charge in [0.1, 0.15) is 12.0 Å². The van der Waals surface area contributed by atoms with E-state index in [0.29, 0.717) is 0 Å². The Morgan fingerprint density at radius 1 is 1.31 bits per heavy atom. The van der Waals surface area contributed by atoms with Crippen LogP contribution in [0.1, 0.15) is 26.3 Å². The monoisotopic (exact) mass is 175 g/mol. The maximum absolute atomic E-state index is 4.15. The molecule has 3 nitrogen and oxygen atoms in total. The summed E-state index contributed by atoms with van der Waals surface area (Å²) in [5, 5.41) is 1.12. The van der Waals surface area contributed by atoms with Gasteiger partial charge < -0.3 is 4.98 Å². The standard InChI is InChI=1S/C10H13N3/c1-10(2,3)8-5-12-9-7(8)4-11-6-13-9/h4-6H,1-3H3,(H,11,12,13). The van der Waals surface area contributed by atoms with Crippen LogP contribution in [-0.4, -0.2) is 15.0 Å². The van der Waals surface area contributed by atoms with Gasteiger partial charge in [-0.15, -0.1) is 0 Å². The van der Waals surface area contributed by atoms with E-state index in [9.17, 15) is 0 Å². The molecule has 2 aromatic rings. The predicted molar refractivity (Wildman–Crippen MR) is 52.6 cm³/mol. The summed E-state index contributed by atoms with van der Waals surface area (Å²) in [6.07, 6.45) is 5.43. The van der Waals surface area contributed by atoms with Gasteiger partial charge in [-0.3, -0.25) is 0 Å². The fourth-order valence-electron chi connectivity index (χ4n) is 1.48. The Bertz CT molecular complexity index is 423. The lowest BCUT2D eigenvalue weighted by Gasteiger charge is -2.16. The van der Waals surface area contributed by atoms with Crippen molar-refractivity contribution in [1.82, 2.24) is 15.0 Å². The molecule has 0 saturated carbocycles. The minimum Gasteiger partial charge on any atom is -0.346 e. The second-order valence-corrected chi connectivity index (χ2v) is 4.24. The van der Waals surface area contributed by atoms with E-state index in [-0.39, 0.29) is 5.41 Å². The second kappa shape index (κ2) is 2.55. The zero-order valence-corrected chi connectivity index (χ0v) is 8.13. The quantitative estimate of drug-likeness (QED) is 0.667. The van der Waals surface area contributed by atoms with E-state index in [1.165, 1.54) is 5.56 Å². The molecule has 13 heavy (non-hydrogen) atoms. The van der Waals surface area contributed by atoms with Gasteiger partial charge in [-0.2, -0.15) is 0 Å². The van der Waals surface area contributed by atoms with Gasteiger partial charge in [0.05, 0.1) is 0 Å². The molecule has 68 valence electrons. The van der Waals surface area contributed by atoms with E-state index in [0.717, 1.165) is 11.0 Å². The molecule has 2 heterocycles. The first-order chi connectivity index (χ1) is 6.09. The third kappa shape index (κ3) is 1.30. The van der Waals surface area contributed by atoms with E-state index in [1.807, 2.05) is 12.4 Å². The van der Waals surface area contributed by atoms with E-state index in [2.05, 4.69) is 35.7 Å². The molecule has 0 spiro atoms. The average Bonchev–Trinajstić information content (AvgIpc) is 2.45. The number of hydrogen-bond donors (Lipinski definition) is 1. The van der Waals surface area contributed by atoms with Gasteiger partial charge in [0, 0.05) is 17.8 Å². The van der Waals surface area contributed by atoms with Crippen LogP contribution in [0.25, 0.3) is 11.0 Å². The van der Waals surface area contributed by atoms with Gasteiger partial charge in [-0.1, -0.05) is 20.8 Å². The van der Waals surface area contributed by atoms with Gasteiger partial charge >= 0.3 is 0 Å². The van der Waals surface area contributed by atoms with Crippen LogP contribution in [0.2, 0.25) is 0 Å². The number of nitrogens with one attached hydrogen (secondary N) is 1. The van der Waals surface area contributed by atoms with Crippen molar-refractivity contribution in [3.8, 4) is 0 Å². The lowest BCUT2D eigenvalue weighted by atomic mass is 9.87. The first-order valence-electron chi connectivity index (χ1n) is 4.36. The number of nitrogens with zero attached hydrogens (tertiary/aromatic N) is 2. The molecular weight excluding hydrogens is 162 g/mol. The van der Waals surface area contributed by atoms with E-state index in [1.54, 1.807) is 6.33 Å². The zero-order valence-electron chi connectivity index (χ0n) is 8.13. The molecule has 0 aliphatic heterocycles. The first-order valence-corrected chi connectivity index (χ1v) is 4.36. The molecule has 0 amide bonds. The summed E-state index contributed by atoms with van der Waals surface area (Å²) in [4.78, 5) is 11.3. The van der Waals surface area contributed by atoms with Crippen molar-refractivity contribution in [2.24, 2.45) is 0 Å². The second-order valence-electron chi connectivity index (χ2n) is 4.24. The number of rotatable bonds is 0. The van der Waals surface area contributed by atoms with Gasteiger partial charge in [0.2, 0.25) is 0 Å². The molecule has 0 fully saturated rings. The van der Waals surface area contributed by atoms with E-state index >= 15 is 0 Å². The fourth-order valence-corrected chi connectivity index (χ4v) is 1.48. The third-order valence-corrected chi connectivity index (χ3v) is 2.16. The van der Waals surface area contributed by atoms with Crippen LogP contribution < -0.4 is 0 Å². The molecule has 1 N–H and O–H groups in total. The Morgan fingerprint density at radius 3 is 2.77 bits per heavy atom. The molecule has 0 radical (unpaired) electrons. The number of hydrogen-bond acceptors (Lipinski definition) is 2. The number of fused-ring (bicyclic) bond motifs is 1. The molecule has 0 aliphatic carbocycles. The Balaban J connectivity index is 2.72. The number of aromatic amines is 1. The van der Waals surface area contributed by atoms with Crippen LogP contribution in [0.15, 0.2) is 18.7 Å². The summed E-state index contributed by atoms with van der Waals surface area (Å²) in [5.74, 6) is 0. The van der Waals surface area contributed by atoms with Gasteiger partial charge in [-0.05, 0) is 11.0 Å². The van der Waals surface area contributed by atoms with E-state index in [4.69, 9.17) is 0 Å². The third-order valence-electron chi connectivity index (χ3n) is 2.16. The van der Waals surface area contributed by atoms with Crippen molar-refractivity contribution in [3.63, 3.8) is 0 Å². The summed E-state index contributed by atoms with van der Waals surface area (Å²) in [7, 11) is 0. The summed E-state index contributed by atoms with van der Waals surface area (Å²) < 4.78 is 0. The molecule has 3 heteroatoms. The minimum absolute atomic E-state index is 0.142. The van der Waals surface area contributed by atoms with Crippen molar-refractivity contribution in [2.45, 2.75) is 26.2 Å². The lowest BCUT2D eigenvalue weighted by molar-refractivity contribution is 0.595. The number of H-pyrrole nitrogens is 1. The minimum atomic E-state index is 0.142. The fraction of sp³-hybridized carbons (Fsp3) is 0.400. The van der Waals surface area contributed by atoms with Crippen molar-refractivity contribution in [3.05, 3.63) is 24.3 Å². The Kier molecular flexibility index (Phi) is 1.62. The largest absolute Gasteiger partial charge is 0.346 e. The van der Waals surface area contributed by atoms with Gasteiger partial charge in [-0.25, -0.2) is 9.97 Å². The molecule has 0 unspecified atom stereocenters. The molecule has 0 aromatic carbocycles. The summed E-state index contributed by atoms with van der Waals surface area (Å²) in [6, 6.07) is 0. The van der Waals surface area contributed by atoms with Crippen molar-refractivity contribution in [1.29, 1.82) is 0 Å². The molecule has 0 aliphatic rings. The first kappa shape index (κ1) is 8.23. The molecule has 2 rings (SSSR count). The Hall–Kier alpha value is -1.38. The van der Waals surface area contributed by atoms with Crippen LogP contribution in [0.3, 0.4) is 0 Å². The zero-order chi connectivity index (χ0) is 9.47. The van der Waals surface area contributed by atoms with Crippen molar-refractivity contribution in [2.75, 3.05) is 0 Å². The highest BCUT2D eigenvalue weighted by Gasteiger charge is 2.18. The number of aromatic nitrogens is 3. The smallest absolute Gasteiger partial charge is 0.140 e. The maximum atomic E-state index is 4.15. The van der Waals surface area contributed by atoms with E-state index < -0.39 is 0 Å². The topological polar surface area (TPSA) is 41.6 Å². The normalized spacial score (nSPS) is 12.2. The Morgan fingerprint density at radius 2 is 2.08 bits per heavy atom. The van der Waals surface area contributed by atoms with Crippen LogP contribution in [0.5, 0.6) is 0 Å². The SMILES string of the molecule is CC(C)(C)c1c[nH]c2ncncc12. The summed E-state index contributed by atoms with van der Waals surface area (Å²) in [5.41, 5.74) is 2.33. The summed E-state index contributed by atoms with van der Waals surface area (Å²) in [6.45, 7) is 6.55. The highest BCUT2D eigenvalue weighted by molar-refractivity contribution is 5.79. The van der Waals surface area contributed by atoms with Crippen molar-refractivity contribution < 1.29 is 0 Å². The van der Waals surface area contributed by atoms with Gasteiger partial charge in [0.15, 0.2) is 0 Å². The highest BCUT2D eigenvalue weighted by Crippen LogP contribution is 2.27. The highest BCUT2D eigenvalue weighted by atomic mass is 14.9. The molecule has 2 aromatic heterocycles. The van der Waals surface area contributed by atoms with Crippen molar-refractivity contribution >= 4 is 11.0 Å². The average molecular weight is 175 g/mol. The van der Waals surface area contributed by atoms with Crippen LogP contribution >= 0.6 is 0 Å². The lowest BCUT2D eigenvalue weighted by Crippen LogP contribution is -2.09. The van der Waals surface area contributed by atoms with Crippen LogP contribution in [-0.2, 0) is 5.41 Å². The van der Waals surface area contributed by atoms with Crippen LogP contribution in [0, 0.1) is 0 Å². The maximum Gasteiger partial charge on any atom is 0.140 e. The molecule has 0 atom stereocenters. The summed E-state index contributed by atoms with van der Waals surface area (Å²) >= 11 is 0. The molecule has 0 saturated heterocycles. The van der Waals surface area contributed by atoms with Gasteiger partial charge in [0.25, 0.3) is 0 Å². The predicted octanol–water partition coefficient (Wildman–Crippen LogP) is 2.26. The molecular formula is C10H13N3.